The Morgan fingerprint density at radius 2 is 1.57 bits per heavy atom. The number of benzene rings is 1. The van der Waals surface area contributed by atoms with Crippen molar-refractivity contribution in [3.63, 3.8) is 0 Å². The van der Waals surface area contributed by atoms with Crippen molar-refractivity contribution in [2.45, 2.75) is 33.6 Å². The average Bonchev–Trinajstić information content (AvgIpc) is 2.69. The maximum atomic E-state index is 12.6. The monoisotopic (exact) mass is 381 g/mol. The number of nitrogens with zero attached hydrogens (tertiary/aromatic N) is 2. The molecule has 0 radical (unpaired) electrons. The molecule has 0 spiro atoms. The highest BCUT2D eigenvalue weighted by molar-refractivity contribution is 5.93. The van der Waals surface area contributed by atoms with Crippen LogP contribution in [0.15, 0.2) is 48.8 Å². The molecule has 1 aromatic heterocycles. The highest BCUT2D eigenvalue weighted by atomic mass is 16.5. The topological polar surface area (TPSA) is 71.5 Å². The lowest BCUT2D eigenvalue weighted by atomic mass is 9.90. The van der Waals surface area contributed by atoms with Crippen LogP contribution in [0.1, 0.15) is 33.6 Å². The standard InChI is InChI=1S/C22H27N3O3/c1-22(2,3)21(27)25-14-10-16(11-15-25)20(26)24-17-4-6-18(7-5-17)28-19-8-12-23-13-9-19/h4-9,12-13,16H,10-11,14-15H2,1-3H3,(H,24,26). The summed E-state index contributed by atoms with van der Waals surface area (Å²) in [6, 6.07) is 10.9. The van der Waals surface area contributed by atoms with Crippen molar-refractivity contribution in [3.05, 3.63) is 48.8 Å². The zero-order valence-corrected chi connectivity index (χ0v) is 16.6. The van der Waals surface area contributed by atoms with Crippen LogP contribution in [0, 0.1) is 11.3 Å². The van der Waals surface area contributed by atoms with E-state index in [0.717, 1.165) is 5.69 Å². The summed E-state index contributed by atoms with van der Waals surface area (Å²) in [7, 11) is 0. The fourth-order valence-electron chi connectivity index (χ4n) is 3.21. The molecule has 0 saturated carbocycles. The number of likely N-dealkylation sites (tertiary alicyclic amines) is 1. The zero-order chi connectivity index (χ0) is 20.1. The molecule has 1 aliphatic rings. The number of carbonyl (C=O) groups excluding carboxylic acids is 2. The van der Waals surface area contributed by atoms with Gasteiger partial charge in [-0.3, -0.25) is 14.6 Å². The lowest BCUT2D eigenvalue weighted by molar-refractivity contribution is -0.142. The van der Waals surface area contributed by atoms with Crippen LogP contribution >= 0.6 is 0 Å². The Bertz CT molecular complexity index is 805. The van der Waals surface area contributed by atoms with E-state index in [9.17, 15) is 9.59 Å². The first-order valence-corrected chi connectivity index (χ1v) is 9.61. The van der Waals surface area contributed by atoms with E-state index in [4.69, 9.17) is 4.74 Å². The molecule has 1 aromatic carbocycles. The summed E-state index contributed by atoms with van der Waals surface area (Å²) in [5.74, 6) is 1.49. The van der Waals surface area contributed by atoms with Gasteiger partial charge in [-0.2, -0.15) is 0 Å². The lowest BCUT2D eigenvalue weighted by Gasteiger charge is -2.35. The number of aromatic nitrogens is 1. The molecule has 3 rings (SSSR count). The van der Waals surface area contributed by atoms with Crippen LogP contribution in [0.25, 0.3) is 0 Å². The number of hydrogen-bond acceptors (Lipinski definition) is 4. The molecule has 2 aromatic rings. The minimum atomic E-state index is -0.380. The fourth-order valence-corrected chi connectivity index (χ4v) is 3.21. The minimum absolute atomic E-state index is 0.00524. The summed E-state index contributed by atoms with van der Waals surface area (Å²) in [4.78, 5) is 30.7. The normalized spacial score (nSPS) is 15.2. The molecule has 6 heteroatoms. The van der Waals surface area contributed by atoms with Crippen LogP contribution in [0.5, 0.6) is 11.5 Å². The molecule has 0 aliphatic carbocycles. The van der Waals surface area contributed by atoms with Gasteiger partial charge in [-0.15, -0.1) is 0 Å². The molecule has 0 bridgehead atoms. The van der Waals surface area contributed by atoms with Gasteiger partial charge < -0.3 is 15.0 Å². The molecular formula is C22H27N3O3. The van der Waals surface area contributed by atoms with E-state index in [2.05, 4.69) is 10.3 Å². The highest BCUT2D eigenvalue weighted by Gasteiger charge is 2.32. The summed E-state index contributed by atoms with van der Waals surface area (Å²) < 4.78 is 5.73. The highest BCUT2D eigenvalue weighted by Crippen LogP contribution is 2.26. The second-order valence-electron chi connectivity index (χ2n) is 8.12. The summed E-state index contributed by atoms with van der Waals surface area (Å²) in [6.45, 7) is 7.04. The Morgan fingerprint density at radius 1 is 1.00 bits per heavy atom. The van der Waals surface area contributed by atoms with Crippen LogP contribution in [0.4, 0.5) is 5.69 Å². The van der Waals surface area contributed by atoms with E-state index in [1.54, 1.807) is 24.5 Å². The number of hydrogen-bond donors (Lipinski definition) is 1. The van der Waals surface area contributed by atoms with Crippen molar-refractivity contribution >= 4 is 17.5 Å². The van der Waals surface area contributed by atoms with E-state index < -0.39 is 0 Å². The van der Waals surface area contributed by atoms with Gasteiger partial charge in [-0.1, -0.05) is 20.8 Å². The van der Waals surface area contributed by atoms with Gasteiger partial charge in [0.1, 0.15) is 11.5 Å². The molecular weight excluding hydrogens is 354 g/mol. The molecule has 2 heterocycles. The number of ether oxygens (including phenoxy) is 1. The number of piperidine rings is 1. The Labute approximate surface area is 165 Å². The number of nitrogens with one attached hydrogen (secondary N) is 1. The molecule has 1 aliphatic heterocycles. The van der Waals surface area contributed by atoms with Gasteiger partial charge >= 0.3 is 0 Å². The van der Waals surface area contributed by atoms with Gasteiger partial charge in [0, 0.05) is 42.5 Å². The summed E-state index contributed by atoms with van der Waals surface area (Å²) >= 11 is 0. The molecule has 28 heavy (non-hydrogen) atoms. The predicted molar refractivity (Wildman–Crippen MR) is 108 cm³/mol. The first kappa shape index (κ1) is 19.9. The van der Waals surface area contributed by atoms with Crippen molar-refractivity contribution in [1.82, 2.24) is 9.88 Å². The van der Waals surface area contributed by atoms with E-state index in [-0.39, 0.29) is 23.1 Å². The lowest BCUT2D eigenvalue weighted by Crippen LogP contribution is -2.45. The van der Waals surface area contributed by atoms with Crippen molar-refractivity contribution in [1.29, 1.82) is 0 Å². The van der Waals surface area contributed by atoms with Gasteiger partial charge in [0.2, 0.25) is 11.8 Å². The van der Waals surface area contributed by atoms with Gasteiger partial charge in [-0.25, -0.2) is 0 Å². The average molecular weight is 381 g/mol. The van der Waals surface area contributed by atoms with Crippen LogP contribution < -0.4 is 10.1 Å². The number of carbonyl (C=O) groups is 2. The van der Waals surface area contributed by atoms with Crippen LogP contribution in [0.3, 0.4) is 0 Å². The van der Waals surface area contributed by atoms with E-state index in [1.165, 1.54) is 0 Å². The van der Waals surface area contributed by atoms with Crippen molar-refractivity contribution < 1.29 is 14.3 Å². The zero-order valence-electron chi connectivity index (χ0n) is 16.6. The Hall–Kier alpha value is -2.89. The quantitative estimate of drug-likeness (QED) is 0.866. The Morgan fingerprint density at radius 3 is 2.14 bits per heavy atom. The van der Waals surface area contributed by atoms with E-state index in [1.807, 2.05) is 49.9 Å². The van der Waals surface area contributed by atoms with Gasteiger partial charge in [0.15, 0.2) is 0 Å². The Kier molecular flexibility index (Phi) is 5.97. The number of anilines is 1. The van der Waals surface area contributed by atoms with Gasteiger partial charge in [0.05, 0.1) is 0 Å². The minimum Gasteiger partial charge on any atom is -0.457 e. The smallest absolute Gasteiger partial charge is 0.227 e. The largest absolute Gasteiger partial charge is 0.457 e. The van der Waals surface area contributed by atoms with Gasteiger partial charge in [0.25, 0.3) is 0 Å². The second-order valence-corrected chi connectivity index (χ2v) is 8.12. The van der Waals surface area contributed by atoms with E-state index >= 15 is 0 Å². The number of amides is 2. The molecule has 0 atom stereocenters. The predicted octanol–water partition coefficient (Wildman–Crippen LogP) is 4.10. The Balaban J connectivity index is 1.51. The third kappa shape index (κ3) is 5.09. The molecule has 2 amide bonds. The first-order chi connectivity index (χ1) is 13.3. The number of rotatable bonds is 4. The van der Waals surface area contributed by atoms with Crippen LogP contribution in [0.2, 0.25) is 0 Å². The molecule has 148 valence electrons. The maximum Gasteiger partial charge on any atom is 0.227 e. The van der Waals surface area contributed by atoms with Crippen molar-refractivity contribution in [3.8, 4) is 11.5 Å². The van der Waals surface area contributed by atoms with Crippen molar-refractivity contribution in [2.75, 3.05) is 18.4 Å². The third-order valence-corrected chi connectivity index (χ3v) is 4.80. The first-order valence-electron chi connectivity index (χ1n) is 9.61. The fraction of sp³-hybridized carbons (Fsp3) is 0.409. The molecule has 1 fully saturated rings. The molecule has 0 unspecified atom stereocenters. The summed E-state index contributed by atoms with van der Waals surface area (Å²) in [5.41, 5.74) is 0.357. The number of pyridine rings is 1. The van der Waals surface area contributed by atoms with Gasteiger partial charge in [-0.05, 0) is 49.2 Å². The summed E-state index contributed by atoms with van der Waals surface area (Å²) in [5, 5.41) is 2.97. The maximum absolute atomic E-state index is 12.6. The van der Waals surface area contributed by atoms with Crippen LogP contribution in [-0.2, 0) is 9.59 Å². The molecule has 1 N–H and O–H groups in total. The molecule has 6 nitrogen and oxygen atoms in total. The summed E-state index contributed by atoms with van der Waals surface area (Å²) in [6.07, 6.45) is 4.72. The SMILES string of the molecule is CC(C)(C)C(=O)N1CCC(C(=O)Nc2ccc(Oc3ccncc3)cc2)CC1. The van der Waals surface area contributed by atoms with Crippen LogP contribution in [-0.4, -0.2) is 34.8 Å². The van der Waals surface area contributed by atoms with E-state index in [0.29, 0.717) is 37.4 Å². The second kappa shape index (κ2) is 8.42. The third-order valence-electron chi connectivity index (χ3n) is 4.80. The molecule has 1 saturated heterocycles. The van der Waals surface area contributed by atoms with Crippen molar-refractivity contribution in [2.24, 2.45) is 11.3 Å².